The molecular weight excluding hydrogens is 262 g/mol. The molecule has 0 aliphatic rings. The van der Waals surface area contributed by atoms with E-state index in [0.29, 0.717) is 27.3 Å². The third-order valence-electron chi connectivity index (χ3n) is 2.96. The average Bonchev–Trinajstić information content (AvgIpc) is 2.76. The third kappa shape index (κ3) is 2.04. The van der Waals surface area contributed by atoms with Gasteiger partial charge in [-0.05, 0) is 49.2 Å². The second-order valence-corrected chi connectivity index (χ2v) is 4.99. The summed E-state index contributed by atoms with van der Waals surface area (Å²) in [5.41, 5.74) is 3.54. The summed E-state index contributed by atoms with van der Waals surface area (Å²) in [6.45, 7) is 3.73. The van der Waals surface area contributed by atoms with Gasteiger partial charge in [0.2, 0.25) is 5.75 Å². The fourth-order valence-electron chi connectivity index (χ4n) is 2.08. The van der Waals surface area contributed by atoms with Crippen molar-refractivity contribution >= 4 is 22.6 Å². The van der Waals surface area contributed by atoms with E-state index in [9.17, 15) is 5.11 Å². The van der Waals surface area contributed by atoms with Crippen LogP contribution in [0.4, 0.5) is 0 Å². The molecule has 3 aromatic rings. The minimum absolute atomic E-state index is 0.0583. The number of benzene rings is 2. The van der Waals surface area contributed by atoms with E-state index >= 15 is 0 Å². The van der Waals surface area contributed by atoms with Crippen LogP contribution in [0.1, 0.15) is 11.1 Å². The molecule has 0 N–H and O–H groups in total. The Kier molecular flexibility index (Phi) is 2.68. The Morgan fingerprint density at radius 1 is 1.05 bits per heavy atom. The van der Waals surface area contributed by atoms with Gasteiger partial charge >= 0.3 is 0 Å². The molecule has 0 fully saturated rings. The topological polar surface area (TPSA) is 50.6 Å². The zero-order chi connectivity index (χ0) is 13.6. The van der Waals surface area contributed by atoms with E-state index < -0.39 is 0 Å². The first kappa shape index (κ1) is 12.0. The van der Waals surface area contributed by atoms with Crippen LogP contribution >= 0.6 is 11.6 Å². The van der Waals surface area contributed by atoms with E-state index in [4.69, 9.17) is 11.6 Å². The van der Waals surface area contributed by atoms with E-state index in [1.165, 1.54) is 4.80 Å². The second-order valence-electron chi connectivity index (χ2n) is 4.55. The van der Waals surface area contributed by atoms with Gasteiger partial charge in [0.1, 0.15) is 16.7 Å². The van der Waals surface area contributed by atoms with Gasteiger partial charge in [-0.2, -0.15) is 0 Å². The Bertz CT molecular complexity index is 780. The van der Waals surface area contributed by atoms with Gasteiger partial charge in [0.15, 0.2) is 0 Å². The van der Waals surface area contributed by atoms with Crippen LogP contribution in [0.3, 0.4) is 0 Å². The minimum Gasteiger partial charge on any atom is -0.287 e. The zero-order valence-corrected chi connectivity index (χ0v) is 11.3. The molecule has 0 aliphatic carbocycles. The molecule has 3 rings (SSSR count). The Morgan fingerprint density at radius 3 is 2.58 bits per heavy atom. The van der Waals surface area contributed by atoms with Crippen molar-refractivity contribution in [3.63, 3.8) is 0 Å². The summed E-state index contributed by atoms with van der Waals surface area (Å²) in [5, 5.41) is 21.4. The smallest absolute Gasteiger partial charge is 0.208 e. The number of rotatable bonds is 1. The molecule has 0 saturated heterocycles. The highest BCUT2D eigenvalue weighted by atomic mass is 35.5. The number of hydrogen-bond donors (Lipinski definition) is 0. The monoisotopic (exact) mass is 272 g/mol. The van der Waals surface area contributed by atoms with Crippen LogP contribution in [0, 0.1) is 13.8 Å². The lowest BCUT2D eigenvalue weighted by Crippen LogP contribution is -2.00. The SMILES string of the molecule is Cc1cc(C)c([O])c(-n2nc3ccc(Cl)cc3n2)c1. The van der Waals surface area contributed by atoms with Crippen LogP contribution in [-0.4, -0.2) is 15.0 Å². The predicted octanol–water partition coefficient (Wildman–Crippen LogP) is 3.83. The molecule has 1 radical (unpaired) electrons. The number of nitrogens with zero attached hydrogens (tertiary/aromatic N) is 3. The Morgan fingerprint density at radius 2 is 1.79 bits per heavy atom. The highest BCUT2D eigenvalue weighted by Crippen LogP contribution is 2.28. The maximum absolute atomic E-state index is 12.1. The van der Waals surface area contributed by atoms with Crippen LogP contribution in [-0.2, 0) is 5.11 Å². The average molecular weight is 273 g/mol. The fourth-order valence-corrected chi connectivity index (χ4v) is 2.24. The van der Waals surface area contributed by atoms with Gasteiger partial charge in [-0.25, -0.2) is 0 Å². The quantitative estimate of drug-likeness (QED) is 0.676. The van der Waals surface area contributed by atoms with Gasteiger partial charge in [-0.3, -0.25) is 5.11 Å². The first-order valence-electron chi connectivity index (χ1n) is 5.86. The molecule has 0 bridgehead atoms. The molecule has 1 aromatic heterocycles. The highest BCUT2D eigenvalue weighted by molar-refractivity contribution is 6.31. The number of hydrogen-bond acceptors (Lipinski definition) is 2. The summed E-state index contributed by atoms with van der Waals surface area (Å²) < 4.78 is 0. The van der Waals surface area contributed by atoms with Crippen molar-refractivity contribution < 1.29 is 5.11 Å². The van der Waals surface area contributed by atoms with Gasteiger partial charge in [-0.1, -0.05) is 17.7 Å². The van der Waals surface area contributed by atoms with Gasteiger partial charge in [0, 0.05) is 5.02 Å². The molecule has 1 heterocycles. The van der Waals surface area contributed by atoms with E-state index in [-0.39, 0.29) is 5.75 Å². The molecule has 0 amide bonds. The minimum atomic E-state index is -0.0583. The van der Waals surface area contributed by atoms with E-state index in [1.54, 1.807) is 31.2 Å². The molecule has 4 nitrogen and oxygen atoms in total. The molecule has 0 atom stereocenters. The summed E-state index contributed by atoms with van der Waals surface area (Å²) in [4.78, 5) is 1.38. The number of halogens is 1. The molecule has 2 aromatic carbocycles. The molecule has 5 heteroatoms. The van der Waals surface area contributed by atoms with Gasteiger partial charge in [-0.15, -0.1) is 15.0 Å². The number of aromatic nitrogens is 3. The lowest BCUT2D eigenvalue weighted by molar-refractivity contribution is 0.348. The normalized spacial score (nSPS) is 11.1. The predicted molar refractivity (Wildman–Crippen MR) is 73.5 cm³/mol. The van der Waals surface area contributed by atoms with Gasteiger partial charge in [0.05, 0.1) is 0 Å². The first-order valence-corrected chi connectivity index (χ1v) is 6.23. The van der Waals surface area contributed by atoms with Crippen LogP contribution in [0.5, 0.6) is 5.75 Å². The van der Waals surface area contributed by atoms with Crippen molar-refractivity contribution in [2.24, 2.45) is 0 Å². The molecule has 0 saturated carbocycles. The van der Waals surface area contributed by atoms with Crippen molar-refractivity contribution in [2.75, 3.05) is 0 Å². The van der Waals surface area contributed by atoms with E-state index in [2.05, 4.69) is 10.2 Å². The first-order chi connectivity index (χ1) is 9.04. The van der Waals surface area contributed by atoms with Crippen molar-refractivity contribution in [3.8, 4) is 11.4 Å². The number of fused-ring (bicyclic) bond motifs is 1. The molecule has 0 spiro atoms. The lowest BCUT2D eigenvalue weighted by Gasteiger charge is -2.05. The molecule has 0 unspecified atom stereocenters. The summed E-state index contributed by atoms with van der Waals surface area (Å²) >= 11 is 5.92. The number of aryl methyl sites for hydroxylation is 2. The Hall–Kier alpha value is -2.07. The summed E-state index contributed by atoms with van der Waals surface area (Å²) in [5.74, 6) is -0.0583. The summed E-state index contributed by atoms with van der Waals surface area (Å²) in [6.07, 6.45) is 0. The van der Waals surface area contributed by atoms with Crippen molar-refractivity contribution in [1.29, 1.82) is 0 Å². The van der Waals surface area contributed by atoms with Crippen LogP contribution in [0.2, 0.25) is 5.02 Å². The van der Waals surface area contributed by atoms with Gasteiger partial charge < -0.3 is 0 Å². The highest BCUT2D eigenvalue weighted by Gasteiger charge is 2.13. The van der Waals surface area contributed by atoms with Gasteiger partial charge in [0.25, 0.3) is 0 Å². The largest absolute Gasteiger partial charge is 0.287 e. The fraction of sp³-hybridized carbons (Fsp3) is 0.143. The van der Waals surface area contributed by atoms with Crippen LogP contribution < -0.4 is 0 Å². The molecule has 95 valence electrons. The van der Waals surface area contributed by atoms with E-state index in [1.807, 2.05) is 13.0 Å². The van der Waals surface area contributed by atoms with Crippen molar-refractivity contribution in [3.05, 3.63) is 46.5 Å². The standard InChI is InChI=1S/C14H11ClN3O/c1-8-5-9(2)14(19)13(6-8)18-16-11-4-3-10(15)7-12(11)17-18/h3-7H,1-2H3. The van der Waals surface area contributed by atoms with E-state index in [0.717, 1.165) is 5.56 Å². The Balaban J connectivity index is 2.24. The Labute approximate surface area is 115 Å². The van der Waals surface area contributed by atoms with Crippen molar-refractivity contribution in [2.45, 2.75) is 13.8 Å². The molecule has 0 aliphatic heterocycles. The summed E-state index contributed by atoms with van der Waals surface area (Å²) in [6, 6.07) is 8.91. The third-order valence-corrected chi connectivity index (χ3v) is 3.19. The van der Waals surface area contributed by atoms with Crippen molar-refractivity contribution in [1.82, 2.24) is 15.0 Å². The molecule has 19 heavy (non-hydrogen) atoms. The summed E-state index contributed by atoms with van der Waals surface area (Å²) in [7, 11) is 0. The second kappa shape index (κ2) is 4.24. The lowest BCUT2D eigenvalue weighted by atomic mass is 10.1. The maximum Gasteiger partial charge on any atom is 0.208 e. The maximum atomic E-state index is 12.1. The molecular formula is C14H11ClN3O. The van der Waals surface area contributed by atoms with Crippen LogP contribution in [0.15, 0.2) is 30.3 Å². The zero-order valence-electron chi connectivity index (χ0n) is 10.5. The van der Waals surface area contributed by atoms with Crippen LogP contribution in [0.25, 0.3) is 16.7 Å².